The van der Waals surface area contributed by atoms with E-state index in [0.717, 1.165) is 40.4 Å². The van der Waals surface area contributed by atoms with Crippen LogP contribution in [0.15, 0.2) is 97.6 Å². The lowest BCUT2D eigenvalue weighted by Gasteiger charge is -2.09. The fraction of sp³-hybridized carbons (Fsp3) is 0.383. The molecule has 10 nitrogen and oxygen atoms in total. The van der Waals surface area contributed by atoms with E-state index in [1.165, 1.54) is 5.56 Å². The van der Waals surface area contributed by atoms with Crippen LogP contribution in [0.1, 0.15) is 83.5 Å². The van der Waals surface area contributed by atoms with Crippen molar-refractivity contribution in [2.75, 3.05) is 47.6 Å². The fourth-order valence-corrected chi connectivity index (χ4v) is 5.39. The first kappa shape index (κ1) is 49.6. The quantitative estimate of drug-likeness (QED) is 0.0435. The number of hydrogen-bond acceptors (Lipinski definition) is 9. The van der Waals surface area contributed by atoms with Crippen LogP contribution < -0.4 is 29.6 Å². The summed E-state index contributed by atoms with van der Waals surface area (Å²) in [5.74, 6) is 3.42. The highest BCUT2D eigenvalue weighted by Gasteiger charge is 2.11. The van der Waals surface area contributed by atoms with E-state index in [4.69, 9.17) is 24.1 Å². The maximum absolute atomic E-state index is 12.4. The minimum atomic E-state index is -0.486. The van der Waals surface area contributed by atoms with Gasteiger partial charge in [0.2, 0.25) is 6.41 Å². The second-order valence-electron chi connectivity index (χ2n) is 12.5. The lowest BCUT2D eigenvalue weighted by atomic mass is 10.0. The molecule has 0 saturated carbocycles. The van der Waals surface area contributed by atoms with Gasteiger partial charge in [0, 0.05) is 37.1 Å². The van der Waals surface area contributed by atoms with Crippen LogP contribution in [0, 0.1) is 6.92 Å². The van der Waals surface area contributed by atoms with Crippen LogP contribution in [0.3, 0.4) is 0 Å². The van der Waals surface area contributed by atoms with Gasteiger partial charge in [0.1, 0.15) is 29.6 Å². The summed E-state index contributed by atoms with van der Waals surface area (Å²) in [5.41, 5.74) is 5.87. The summed E-state index contributed by atoms with van der Waals surface area (Å²) in [7, 11) is 5.08. The molecule has 4 aromatic carbocycles. The Kier molecular flexibility index (Phi) is 25.9. The summed E-state index contributed by atoms with van der Waals surface area (Å²) in [4.78, 5) is 34.4. The zero-order valence-electron chi connectivity index (χ0n) is 35.2. The Labute approximate surface area is 340 Å². The molecule has 4 rings (SSSR count). The molecule has 0 aliphatic rings. The molecule has 4 aromatic rings. The molecule has 0 aliphatic heterocycles. The molecule has 0 bridgehead atoms. The Morgan fingerprint density at radius 3 is 1.81 bits per heavy atom. The van der Waals surface area contributed by atoms with Gasteiger partial charge >= 0.3 is 0 Å². The monoisotopic (exact) mass is 784 g/mol. The Hall–Kier alpha value is -5.45. The molecule has 0 fully saturated rings. The molecule has 0 saturated heterocycles. The number of benzene rings is 4. The summed E-state index contributed by atoms with van der Waals surface area (Å²) in [5, 5.41) is 14.0. The highest BCUT2D eigenvalue weighted by molar-refractivity contribution is 5.97. The molecule has 1 unspecified atom stereocenters. The van der Waals surface area contributed by atoms with Crippen molar-refractivity contribution in [2.45, 2.75) is 72.8 Å². The second-order valence-corrected chi connectivity index (χ2v) is 12.5. The fourth-order valence-electron chi connectivity index (χ4n) is 5.39. The van der Waals surface area contributed by atoms with Crippen molar-refractivity contribution in [1.29, 1.82) is 0 Å². The number of likely N-dealkylation sites (N-methyl/N-ethyl adjacent to an activating group) is 1. The summed E-state index contributed by atoms with van der Waals surface area (Å²) < 4.78 is 21.6. The summed E-state index contributed by atoms with van der Waals surface area (Å²) in [6, 6.07) is 26.9. The third-order valence-corrected chi connectivity index (χ3v) is 8.35. The van der Waals surface area contributed by atoms with Gasteiger partial charge in [0.05, 0.1) is 26.9 Å². The number of ether oxygens (including phenoxy) is 4. The van der Waals surface area contributed by atoms with Crippen molar-refractivity contribution < 1.29 is 38.4 Å². The largest absolute Gasteiger partial charge is 0.496 e. The van der Waals surface area contributed by atoms with Crippen molar-refractivity contribution in [2.24, 2.45) is 0 Å². The first-order valence-corrected chi connectivity index (χ1v) is 19.5. The number of nitrogens with one attached hydrogen (secondary N) is 2. The van der Waals surface area contributed by atoms with Crippen molar-refractivity contribution >= 4 is 18.0 Å². The van der Waals surface area contributed by atoms with Crippen molar-refractivity contribution in [3.63, 3.8) is 0 Å². The minimum Gasteiger partial charge on any atom is -0.496 e. The average molecular weight is 785 g/mol. The summed E-state index contributed by atoms with van der Waals surface area (Å²) >= 11 is 0. The van der Waals surface area contributed by atoms with Gasteiger partial charge in [0.25, 0.3) is 0 Å². The minimum absolute atomic E-state index is 0.109. The maximum atomic E-state index is 12.4. The molecule has 3 N–H and O–H groups in total. The van der Waals surface area contributed by atoms with Crippen LogP contribution in [0.5, 0.6) is 23.0 Å². The molecule has 10 heteroatoms. The van der Waals surface area contributed by atoms with Gasteiger partial charge in [-0.05, 0) is 98.8 Å². The third kappa shape index (κ3) is 19.3. The van der Waals surface area contributed by atoms with Crippen molar-refractivity contribution in [1.82, 2.24) is 10.6 Å². The predicted molar refractivity (Wildman–Crippen MR) is 230 cm³/mol. The number of aliphatic hydroxyl groups excluding tert-OH is 1. The number of aliphatic hydroxyl groups is 1. The second kappa shape index (κ2) is 29.8. The van der Waals surface area contributed by atoms with Crippen molar-refractivity contribution in [3.05, 3.63) is 131 Å². The smallest absolute Gasteiger partial charge is 0.207 e. The lowest BCUT2D eigenvalue weighted by molar-refractivity contribution is -0.109. The predicted octanol–water partition coefficient (Wildman–Crippen LogP) is 8.19. The molecular weight excluding hydrogens is 721 g/mol. The van der Waals surface area contributed by atoms with E-state index in [1.807, 2.05) is 94.4 Å². The van der Waals surface area contributed by atoms with Crippen LogP contribution in [0.25, 0.3) is 0 Å². The van der Waals surface area contributed by atoms with E-state index in [1.54, 1.807) is 33.4 Å². The maximum Gasteiger partial charge on any atom is 0.207 e. The van der Waals surface area contributed by atoms with E-state index < -0.39 is 6.10 Å². The highest BCUT2D eigenvalue weighted by atomic mass is 16.5. The molecule has 0 radical (unpaired) electrons. The van der Waals surface area contributed by atoms with Crippen molar-refractivity contribution in [3.8, 4) is 23.0 Å². The molecule has 0 heterocycles. The number of carbonyl (C=O) groups excluding carboxylic acids is 3. The van der Waals surface area contributed by atoms with E-state index in [0.29, 0.717) is 75.3 Å². The van der Waals surface area contributed by atoms with E-state index in [9.17, 15) is 14.4 Å². The number of carbonyl (C=O) groups is 3. The van der Waals surface area contributed by atoms with Crippen LogP contribution in [0.2, 0.25) is 0 Å². The third-order valence-electron chi connectivity index (χ3n) is 8.35. The first-order chi connectivity index (χ1) is 27.6. The molecule has 0 aliphatic carbocycles. The SMILES string of the molecule is C=CCOc1cccc(C(=O)CCc2ccc(CC)c(OC)c2)c1.CC.CCOc1cccc(C(=O)CCc2ccc(C)c(OC)c2)c1.CNCC(O)CNC=O. The Morgan fingerprint density at radius 2 is 1.32 bits per heavy atom. The number of rotatable bonds is 21. The lowest BCUT2D eigenvalue weighted by Crippen LogP contribution is -2.33. The molecule has 0 spiro atoms. The zero-order chi connectivity index (χ0) is 42.4. The molecule has 57 heavy (non-hydrogen) atoms. The zero-order valence-corrected chi connectivity index (χ0v) is 35.2. The van der Waals surface area contributed by atoms with Gasteiger partial charge in [-0.1, -0.05) is 82.0 Å². The van der Waals surface area contributed by atoms with Gasteiger partial charge < -0.3 is 34.7 Å². The molecule has 0 aromatic heterocycles. The standard InChI is InChI=1S/C21H24O3.C19H22O3.C5H12N2O2.C2H6/c1-4-13-24-19-8-6-7-18(15-19)20(22)12-10-16-9-11-17(5-2)21(14-16)23-3;1-4-22-17-7-5-6-16(13-17)18(20)11-10-15-9-8-14(2)19(12-15)21-3;1-6-2-5(9)3-7-4-8;1-2/h4,6-9,11,14-15H,1,5,10,12-13H2,2-3H3;5-9,12-13H,4,10-11H2,1-3H3;4-6,9H,2-3H2,1H3,(H,7,8);1-2H3. The molecular formula is C47H64N2O8. The first-order valence-electron chi connectivity index (χ1n) is 19.5. The average Bonchev–Trinajstić information content (AvgIpc) is 3.25. The van der Waals surface area contributed by atoms with E-state index in [-0.39, 0.29) is 11.6 Å². The topological polar surface area (TPSA) is 132 Å². The van der Waals surface area contributed by atoms with Gasteiger partial charge in [-0.2, -0.15) is 0 Å². The van der Waals surface area contributed by atoms with Gasteiger partial charge in [-0.15, -0.1) is 0 Å². The highest BCUT2D eigenvalue weighted by Crippen LogP contribution is 2.23. The molecule has 1 atom stereocenters. The van der Waals surface area contributed by atoms with Crippen LogP contribution >= 0.6 is 0 Å². The number of hydrogen-bond donors (Lipinski definition) is 3. The Balaban J connectivity index is 0.000000456. The van der Waals surface area contributed by atoms with E-state index >= 15 is 0 Å². The van der Waals surface area contributed by atoms with E-state index in [2.05, 4.69) is 36.3 Å². The molecule has 1 amide bonds. The number of Topliss-reactive ketones (excluding diaryl/α,β-unsaturated/α-hetero) is 2. The Morgan fingerprint density at radius 1 is 0.772 bits per heavy atom. The number of amides is 1. The number of ketones is 2. The van der Waals surface area contributed by atoms with Crippen LogP contribution in [0.4, 0.5) is 0 Å². The normalized spacial score (nSPS) is 10.4. The van der Waals surface area contributed by atoms with Gasteiger partial charge in [0.15, 0.2) is 11.6 Å². The van der Waals surface area contributed by atoms with Gasteiger partial charge in [-0.3, -0.25) is 14.4 Å². The number of aryl methyl sites for hydroxylation is 4. The van der Waals surface area contributed by atoms with Gasteiger partial charge in [-0.25, -0.2) is 0 Å². The Bertz CT molecular complexity index is 1770. The summed E-state index contributed by atoms with van der Waals surface area (Å²) in [6.45, 7) is 15.5. The summed E-state index contributed by atoms with van der Waals surface area (Å²) in [6.07, 6.45) is 5.02. The number of methoxy groups -OCH3 is 2. The van der Waals surface area contributed by atoms with Crippen LogP contribution in [-0.2, 0) is 24.1 Å². The van der Waals surface area contributed by atoms with Crippen LogP contribution in [-0.4, -0.2) is 76.8 Å². The molecule has 310 valence electrons.